The number of ether oxygens (including phenoxy) is 1. The van der Waals surface area contributed by atoms with E-state index in [9.17, 15) is 22.8 Å². The highest BCUT2D eigenvalue weighted by molar-refractivity contribution is 5.99. The van der Waals surface area contributed by atoms with Gasteiger partial charge in [-0.1, -0.05) is 0 Å². The Kier molecular flexibility index (Phi) is 5.33. The fourth-order valence-electron chi connectivity index (χ4n) is 2.20. The molecule has 1 aromatic heterocycles. The molecule has 7 nitrogen and oxygen atoms in total. The van der Waals surface area contributed by atoms with Crippen LogP contribution in [0.2, 0.25) is 0 Å². The summed E-state index contributed by atoms with van der Waals surface area (Å²) in [5, 5.41) is 4.81. The van der Waals surface area contributed by atoms with Gasteiger partial charge in [-0.05, 0) is 45.6 Å². The first-order valence-electron chi connectivity index (χ1n) is 8.00. The van der Waals surface area contributed by atoms with Gasteiger partial charge in [0.2, 0.25) is 5.91 Å². The van der Waals surface area contributed by atoms with Crippen LogP contribution in [0.3, 0.4) is 0 Å². The first-order chi connectivity index (χ1) is 11.9. The van der Waals surface area contributed by atoms with Crippen LogP contribution in [-0.4, -0.2) is 28.6 Å². The number of anilines is 2. The summed E-state index contributed by atoms with van der Waals surface area (Å²) >= 11 is 0. The largest absolute Gasteiger partial charge is 0.444 e. The smallest absolute Gasteiger partial charge is 0.433 e. The average molecular weight is 374 g/mol. The van der Waals surface area contributed by atoms with Gasteiger partial charge in [0.15, 0.2) is 0 Å². The number of alkyl carbamates (subject to hydrolysis) is 1. The van der Waals surface area contributed by atoms with Gasteiger partial charge in [-0.25, -0.2) is 9.78 Å². The predicted octanol–water partition coefficient (Wildman–Crippen LogP) is 2.92. The Balaban J connectivity index is 2.12. The monoisotopic (exact) mass is 374 g/mol. The highest BCUT2D eigenvalue weighted by atomic mass is 19.4. The van der Waals surface area contributed by atoms with E-state index >= 15 is 0 Å². The lowest BCUT2D eigenvalue weighted by molar-refractivity contribution is -0.141. The molecule has 2 amide bonds. The molecular weight excluding hydrogens is 353 g/mol. The number of alkyl halides is 3. The van der Waals surface area contributed by atoms with Crippen molar-refractivity contribution in [1.29, 1.82) is 0 Å². The molecule has 1 aliphatic carbocycles. The molecule has 144 valence electrons. The molecule has 0 aromatic carbocycles. The number of nitrogens with two attached hydrogens (primary N) is 1. The van der Waals surface area contributed by atoms with Crippen molar-refractivity contribution >= 4 is 23.4 Å². The van der Waals surface area contributed by atoms with Gasteiger partial charge in [-0.3, -0.25) is 4.79 Å². The van der Waals surface area contributed by atoms with Crippen LogP contribution in [0.15, 0.2) is 12.3 Å². The first kappa shape index (κ1) is 19.8. The van der Waals surface area contributed by atoms with Crippen LogP contribution in [0.25, 0.3) is 0 Å². The number of aromatic nitrogens is 1. The van der Waals surface area contributed by atoms with Crippen LogP contribution < -0.4 is 16.4 Å². The highest BCUT2D eigenvalue weighted by Gasteiger charge is 2.39. The summed E-state index contributed by atoms with van der Waals surface area (Å²) in [6, 6.07) is -0.267. The molecule has 1 heterocycles. The quantitative estimate of drug-likeness (QED) is 0.751. The minimum atomic E-state index is -4.67. The van der Waals surface area contributed by atoms with Crippen LogP contribution in [0.1, 0.15) is 39.3 Å². The summed E-state index contributed by atoms with van der Waals surface area (Å²) in [4.78, 5) is 27.6. The maximum absolute atomic E-state index is 12.8. The molecule has 0 unspecified atom stereocenters. The summed E-state index contributed by atoms with van der Waals surface area (Å²) in [5.74, 6) is -0.767. The van der Waals surface area contributed by atoms with E-state index in [4.69, 9.17) is 10.5 Å². The summed E-state index contributed by atoms with van der Waals surface area (Å²) in [6.07, 6.45) is -3.19. The molecule has 26 heavy (non-hydrogen) atoms. The van der Waals surface area contributed by atoms with Crippen molar-refractivity contribution in [3.8, 4) is 0 Å². The van der Waals surface area contributed by atoms with Gasteiger partial charge < -0.3 is 21.1 Å². The lowest BCUT2D eigenvalue weighted by atomic mass is 10.1. The summed E-state index contributed by atoms with van der Waals surface area (Å²) in [5.41, 5.74) is 3.35. The molecule has 1 atom stereocenters. The van der Waals surface area contributed by atoms with Gasteiger partial charge >= 0.3 is 12.3 Å². The third kappa shape index (κ3) is 5.50. The van der Waals surface area contributed by atoms with Crippen molar-refractivity contribution < 1.29 is 27.5 Å². The molecule has 4 N–H and O–H groups in total. The number of pyridine rings is 1. The molecule has 2 rings (SSSR count). The summed E-state index contributed by atoms with van der Waals surface area (Å²) in [6.45, 7) is 5.03. The molecular formula is C16H21F3N4O3. The zero-order valence-electron chi connectivity index (χ0n) is 14.6. The normalized spacial score (nSPS) is 15.9. The summed E-state index contributed by atoms with van der Waals surface area (Å²) < 4.78 is 43.4. The van der Waals surface area contributed by atoms with E-state index < -0.39 is 35.5 Å². The Hall–Kier alpha value is -2.52. The van der Waals surface area contributed by atoms with Crippen molar-refractivity contribution in [2.24, 2.45) is 5.92 Å². The van der Waals surface area contributed by atoms with E-state index in [1.54, 1.807) is 20.8 Å². The molecule has 10 heteroatoms. The molecule has 0 spiro atoms. The second kappa shape index (κ2) is 7.00. The van der Waals surface area contributed by atoms with Crippen molar-refractivity contribution in [2.75, 3.05) is 11.1 Å². The van der Waals surface area contributed by atoms with E-state index in [1.807, 2.05) is 0 Å². The van der Waals surface area contributed by atoms with Crippen molar-refractivity contribution in [2.45, 2.75) is 51.4 Å². The molecule has 0 bridgehead atoms. The minimum Gasteiger partial charge on any atom is -0.444 e. The van der Waals surface area contributed by atoms with Crippen LogP contribution in [0.4, 0.5) is 29.3 Å². The fourth-order valence-corrected chi connectivity index (χ4v) is 2.20. The Labute approximate surface area is 148 Å². The third-order valence-electron chi connectivity index (χ3n) is 3.53. The lowest BCUT2D eigenvalue weighted by Crippen LogP contribution is -2.47. The number of amides is 2. The average Bonchev–Trinajstić information content (AvgIpc) is 3.28. The van der Waals surface area contributed by atoms with E-state index in [2.05, 4.69) is 15.6 Å². The molecule has 1 saturated carbocycles. The first-order valence-corrected chi connectivity index (χ1v) is 8.00. The van der Waals surface area contributed by atoms with Gasteiger partial charge in [0, 0.05) is 0 Å². The number of nitrogen functional groups attached to an aromatic ring is 1. The topological polar surface area (TPSA) is 106 Å². The van der Waals surface area contributed by atoms with Crippen molar-refractivity contribution in [1.82, 2.24) is 10.3 Å². The Morgan fingerprint density at radius 3 is 2.42 bits per heavy atom. The molecule has 1 aromatic rings. The van der Waals surface area contributed by atoms with Crippen molar-refractivity contribution in [3.05, 3.63) is 18.0 Å². The predicted molar refractivity (Wildman–Crippen MR) is 88.2 cm³/mol. The Morgan fingerprint density at radius 1 is 1.31 bits per heavy atom. The van der Waals surface area contributed by atoms with Crippen LogP contribution in [0, 0.1) is 5.92 Å². The number of carbonyl (C=O) groups is 2. The lowest BCUT2D eigenvalue weighted by Gasteiger charge is -2.23. The molecule has 0 radical (unpaired) electrons. The minimum absolute atomic E-state index is 0.104. The fraction of sp³-hybridized carbons (Fsp3) is 0.562. The van der Waals surface area contributed by atoms with Crippen LogP contribution in [0.5, 0.6) is 0 Å². The second-order valence-corrected chi connectivity index (χ2v) is 7.11. The van der Waals surface area contributed by atoms with Gasteiger partial charge in [0.1, 0.15) is 17.3 Å². The Morgan fingerprint density at radius 2 is 1.92 bits per heavy atom. The number of rotatable bonds is 4. The third-order valence-corrected chi connectivity index (χ3v) is 3.53. The molecule has 0 aliphatic heterocycles. The van der Waals surface area contributed by atoms with E-state index in [1.165, 1.54) is 0 Å². The van der Waals surface area contributed by atoms with E-state index in [0.717, 1.165) is 6.20 Å². The van der Waals surface area contributed by atoms with E-state index in [-0.39, 0.29) is 17.3 Å². The highest BCUT2D eigenvalue weighted by Crippen LogP contribution is 2.34. The molecule has 0 saturated heterocycles. The van der Waals surface area contributed by atoms with Gasteiger partial charge in [-0.2, -0.15) is 13.2 Å². The number of hydrogen-bond acceptors (Lipinski definition) is 5. The number of halogens is 3. The maximum atomic E-state index is 12.8. The number of nitrogens with one attached hydrogen (secondary N) is 2. The molecule has 1 fully saturated rings. The zero-order valence-corrected chi connectivity index (χ0v) is 14.6. The van der Waals surface area contributed by atoms with Gasteiger partial charge in [-0.15, -0.1) is 0 Å². The number of nitrogens with zero attached hydrogens (tertiary/aromatic N) is 1. The van der Waals surface area contributed by atoms with Gasteiger partial charge in [0.25, 0.3) is 0 Å². The van der Waals surface area contributed by atoms with Gasteiger partial charge in [0.05, 0.1) is 17.6 Å². The number of carbonyl (C=O) groups excluding carboxylic acids is 2. The van der Waals surface area contributed by atoms with Crippen LogP contribution in [-0.2, 0) is 15.7 Å². The Bertz CT molecular complexity index is 697. The zero-order chi connectivity index (χ0) is 19.7. The standard InChI is InChI=1S/C16H21F3N4O3/c1-15(2,3)26-14(25)23-12(8-4-5-8)13(24)22-10-6-11(16(17,18)19)21-7-9(10)20/h6-8,12H,4-5,20H2,1-3H3,(H,23,25)(H,21,22,24)/t12-/m0/s1. The SMILES string of the molecule is CC(C)(C)OC(=O)N[C@H](C(=O)Nc1cc(C(F)(F)F)ncc1N)C1CC1. The maximum Gasteiger partial charge on any atom is 0.433 e. The molecule has 1 aliphatic rings. The van der Waals surface area contributed by atoms with Crippen LogP contribution >= 0.6 is 0 Å². The summed E-state index contributed by atoms with van der Waals surface area (Å²) in [7, 11) is 0. The number of hydrogen-bond donors (Lipinski definition) is 3. The second-order valence-electron chi connectivity index (χ2n) is 7.11. The van der Waals surface area contributed by atoms with Crippen molar-refractivity contribution in [3.63, 3.8) is 0 Å². The van der Waals surface area contributed by atoms with E-state index in [0.29, 0.717) is 18.9 Å².